The molecule has 1 aromatic carbocycles. The van der Waals surface area contributed by atoms with E-state index in [0.717, 1.165) is 17.8 Å². The molecule has 0 saturated heterocycles. The van der Waals surface area contributed by atoms with Crippen LogP contribution in [-0.2, 0) is 0 Å². The zero-order valence-electron chi connectivity index (χ0n) is 18.8. The number of carboxylic acid groups (broad SMARTS) is 1. The number of pyridine rings is 2. The summed E-state index contributed by atoms with van der Waals surface area (Å²) < 4.78 is 0. The summed E-state index contributed by atoms with van der Waals surface area (Å²) in [5, 5.41) is 13.6. The van der Waals surface area contributed by atoms with E-state index in [9.17, 15) is 14.7 Å². The molecule has 0 radical (unpaired) electrons. The number of nitrogens with one attached hydrogen (secondary N) is 1. The fourth-order valence-corrected chi connectivity index (χ4v) is 7.38. The van der Waals surface area contributed by atoms with Crippen LogP contribution in [0.2, 0.25) is 5.02 Å². The maximum absolute atomic E-state index is 13.3. The highest BCUT2D eigenvalue weighted by Crippen LogP contribution is 2.59. The molecule has 7 heteroatoms. The molecule has 4 fully saturated rings. The van der Waals surface area contributed by atoms with Crippen LogP contribution in [0.5, 0.6) is 0 Å². The van der Waals surface area contributed by atoms with Gasteiger partial charge in [-0.25, -0.2) is 9.78 Å². The van der Waals surface area contributed by atoms with Crippen LogP contribution in [0.1, 0.15) is 59.2 Å². The van der Waals surface area contributed by atoms with Gasteiger partial charge in [-0.1, -0.05) is 11.6 Å². The lowest BCUT2D eigenvalue weighted by molar-refractivity contribution is -0.0503. The smallest absolute Gasteiger partial charge is 0.337 e. The molecule has 4 aliphatic rings. The van der Waals surface area contributed by atoms with Crippen molar-refractivity contribution in [2.45, 2.75) is 38.5 Å². The number of rotatable bonds is 5. The molecule has 0 aliphatic heterocycles. The number of benzene rings is 1. The molecule has 34 heavy (non-hydrogen) atoms. The van der Waals surface area contributed by atoms with Crippen molar-refractivity contribution in [2.24, 2.45) is 23.2 Å². The third-order valence-electron chi connectivity index (χ3n) is 8.12. The van der Waals surface area contributed by atoms with Crippen molar-refractivity contribution in [2.75, 3.05) is 6.54 Å². The van der Waals surface area contributed by atoms with E-state index < -0.39 is 5.97 Å². The van der Waals surface area contributed by atoms with E-state index in [1.54, 1.807) is 30.5 Å². The van der Waals surface area contributed by atoms with Crippen molar-refractivity contribution in [3.8, 4) is 11.3 Å². The van der Waals surface area contributed by atoms with Crippen molar-refractivity contribution >= 4 is 34.4 Å². The Morgan fingerprint density at radius 2 is 1.74 bits per heavy atom. The van der Waals surface area contributed by atoms with E-state index in [0.29, 0.717) is 39.3 Å². The molecule has 174 valence electrons. The van der Waals surface area contributed by atoms with E-state index in [1.807, 2.05) is 6.07 Å². The average Bonchev–Trinajstić information content (AvgIpc) is 2.81. The molecule has 4 bridgehead atoms. The van der Waals surface area contributed by atoms with Crippen LogP contribution in [-0.4, -0.2) is 33.5 Å². The van der Waals surface area contributed by atoms with Crippen LogP contribution < -0.4 is 5.32 Å². The summed E-state index contributed by atoms with van der Waals surface area (Å²) in [7, 11) is 0. The fourth-order valence-electron chi connectivity index (χ4n) is 7.13. The zero-order valence-corrected chi connectivity index (χ0v) is 19.5. The van der Waals surface area contributed by atoms with Gasteiger partial charge in [0.25, 0.3) is 5.91 Å². The maximum Gasteiger partial charge on any atom is 0.337 e. The molecule has 2 heterocycles. The van der Waals surface area contributed by atoms with E-state index in [2.05, 4.69) is 15.3 Å². The number of hydrogen-bond acceptors (Lipinski definition) is 4. The first kappa shape index (κ1) is 21.5. The average molecular weight is 476 g/mol. The molecule has 0 atom stereocenters. The fraction of sp³-hybridized carbons (Fsp3) is 0.407. The van der Waals surface area contributed by atoms with E-state index in [4.69, 9.17) is 11.6 Å². The first-order valence-electron chi connectivity index (χ1n) is 12.0. The number of fused-ring (bicyclic) bond motifs is 1. The van der Waals surface area contributed by atoms with Crippen LogP contribution >= 0.6 is 11.6 Å². The molecule has 0 unspecified atom stereocenters. The Morgan fingerprint density at radius 1 is 1.03 bits per heavy atom. The molecule has 4 aliphatic carbocycles. The lowest BCUT2D eigenvalue weighted by atomic mass is 9.49. The molecule has 1 amide bonds. The lowest BCUT2D eigenvalue weighted by Gasteiger charge is -2.56. The molecular formula is C27H26ClN3O3. The summed E-state index contributed by atoms with van der Waals surface area (Å²) in [6.45, 7) is 0.710. The quantitative estimate of drug-likeness (QED) is 0.501. The minimum atomic E-state index is -1.04. The van der Waals surface area contributed by atoms with Gasteiger partial charge < -0.3 is 10.4 Å². The second-order valence-corrected chi connectivity index (χ2v) is 11.0. The van der Waals surface area contributed by atoms with Crippen LogP contribution in [0.15, 0.2) is 42.7 Å². The number of carbonyl (C=O) groups is 2. The van der Waals surface area contributed by atoms with E-state index in [-0.39, 0.29) is 16.9 Å². The topological polar surface area (TPSA) is 92.2 Å². The first-order chi connectivity index (χ1) is 16.4. The van der Waals surface area contributed by atoms with Gasteiger partial charge in [-0.15, -0.1) is 0 Å². The molecule has 4 saturated carbocycles. The number of carboxylic acids is 1. The standard InChI is InChI=1S/C27H26ClN3O3/c28-21-2-4-23-20(1-3-22(31-23)18-8-19(26(33)34)13-29-12-18)24(21)25(32)30-14-27-9-15-5-16(10-27)7-17(6-15)11-27/h1-4,8,12-13,15-17H,5-7,9-11,14H2,(H,30,32)(H,33,34). The van der Waals surface area contributed by atoms with Gasteiger partial charge in [0.15, 0.2) is 0 Å². The largest absolute Gasteiger partial charge is 0.478 e. The normalized spacial score (nSPS) is 27.1. The third kappa shape index (κ3) is 3.74. The Balaban J connectivity index is 1.27. The van der Waals surface area contributed by atoms with Crippen molar-refractivity contribution in [3.05, 3.63) is 58.9 Å². The van der Waals surface area contributed by atoms with Crippen molar-refractivity contribution in [3.63, 3.8) is 0 Å². The molecule has 7 rings (SSSR count). The highest BCUT2D eigenvalue weighted by Gasteiger charge is 2.50. The molecule has 0 spiro atoms. The predicted octanol–water partition coefficient (Wildman–Crippen LogP) is 5.59. The molecule has 3 aromatic rings. The van der Waals surface area contributed by atoms with Gasteiger partial charge in [0, 0.05) is 29.9 Å². The highest BCUT2D eigenvalue weighted by molar-refractivity contribution is 6.35. The van der Waals surface area contributed by atoms with Gasteiger partial charge in [-0.2, -0.15) is 0 Å². The number of hydrogen-bond donors (Lipinski definition) is 2. The summed E-state index contributed by atoms with van der Waals surface area (Å²) in [6, 6.07) is 8.63. The first-order valence-corrected chi connectivity index (χ1v) is 12.3. The Labute approximate surface area is 202 Å². The van der Waals surface area contributed by atoms with Crippen LogP contribution in [0.3, 0.4) is 0 Å². The third-order valence-corrected chi connectivity index (χ3v) is 8.43. The summed E-state index contributed by atoms with van der Waals surface area (Å²) in [5.74, 6) is 1.30. The predicted molar refractivity (Wildman–Crippen MR) is 130 cm³/mol. The van der Waals surface area contributed by atoms with Gasteiger partial charge in [0.2, 0.25) is 0 Å². The van der Waals surface area contributed by atoms with Crippen molar-refractivity contribution < 1.29 is 14.7 Å². The number of aromatic carboxylic acids is 1. The van der Waals surface area contributed by atoms with Crippen LogP contribution in [0.25, 0.3) is 22.2 Å². The lowest BCUT2D eigenvalue weighted by Crippen LogP contribution is -2.51. The van der Waals surface area contributed by atoms with Crippen molar-refractivity contribution in [1.29, 1.82) is 0 Å². The monoisotopic (exact) mass is 475 g/mol. The number of nitrogens with zero attached hydrogens (tertiary/aromatic N) is 2. The van der Waals surface area contributed by atoms with Gasteiger partial charge in [-0.3, -0.25) is 9.78 Å². The number of amides is 1. The maximum atomic E-state index is 13.3. The number of halogens is 1. The number of aromatic nitrogens is 2. The van der Waals surface area contributed by atoms with Crippen molar-refractivity contribution in [1.82, 2.24) is 15.3 Å². The van der Waals surface area contributed by atoms with Gasteiger partial charge in [-0.05, 0) is 92.0 Å². The Hall–Kier alpha value is -2.99. The molecular weight excluding hydrogens is 450 g/mol. The van der Waals surface area contributed by atoms with Gasteiger partial charge in [0.1, 0.15) is 0 Å². The highest BCUT2D eigenvalue weighted by atomic mass is 35.5. The Morgan fingerprint density at radius 3 is 2.41 bits per heavy atom. The molecule has 6 nitrogen and oxygen atoms in total. The zero-order chi connectivity index (χ0) is 23.4. The summed E-state index contributed by atoms with van der Waals surface area (Å²) in [5.41, 5.74) is 2.60. The van der Waals surface area contributed by atoms with E-state index in [1.165, 1.54) is 44.7 Å². The summed E-state index contributed by atoms with van der Waals surface area (Å²) >= 11 is 6.50. The number of carbonyl (C=O) groups excluding carboxylic acids is 1. The molecule has 2 aromatic heterocycles. The second-order valence-electron chi connectivity index (χ2n) is 10.6. The Bertz CT molecular complexity index is 1290. The van der Waals surface area contributed by atoms with Crippen LogP contribution in [0.4, 0.5) is 0 Å². The second kappa shape index (κ2) is 8.05. The van der Waals surface area contributed by atoms with Gasteiger partial charge in [0.05, 0.1) is 27.4 Å². The molecule has 2 N–H and O–H groups in total. The van der Waals surface area contributed by atoms with Crippen LogP contribution in [0, 0.1) is 23.2 Å². The van der Waals surface area contributed by atoms with Gasteiger partial charge >= 0.3 is 5.97 Å². The summed E-state index contributed by atoms with van der Waals surface area (Å²) in [4.78, 5) is 33.3. The van der Waals surface area contributed by atoms with E-state index >= 15 is 0 Å². The minimum Gasteiger partial charge on any atom is -0.478 e. The Kier molecular flexibility index (Phi) is 5.10. The minimum absolute atomic E-state index is 0.0975. The SMILES string of the molecule is O=C(O)c1cncc(-c2ccc3c(C(=O)NCC45CC6CC(CC(C6)C4)C5)c(Cl)ccc3n2)c1. The summed E-state index contributed by atoms with van der Waals surface area (Å²) in [6.07, 6.45) is 10.7.